The fourth-order valence-electron chi connectivity index (χ4n) is 0.804. The van der Waals surface area contributed by atoms with Gasteiger partial charge in [-0.3, -0.25) is 0 Å². The van der Waals surface area contributed by atoms with Gasteiger partial charge < -0.3 is 4.18 Å². The van der Waals surface area contributed by atoms with Crippen molar-refractivity contribution in [1.29, 1.82) is 0 Å². The molecule has 0 atom stereocenters. The minimum Gasteiger partial charge on any atom is -0.383 e. The molecule has 0 fully saturated rings. The summed E-state index contributed by atoms with van der Waals surface area (Å²) in [7, 11) is 0. The highest BCUT2D eigenvalue weighted by Crippen LogP contribution is 2.23. The normalized spacial score (nSPS) is 9.57. The van der Waals surface area contributed by atoms with Crippen LogP contribution in [-0.4, -0.2) is 5.97 Å². The molecule has 14 heavy (non-hydrogen) atoms. The number of aryl methyl sites for hydroxylation is 1. The number of rotatable bonds is 3. The van der Waals surface area contributed by atoms with E-state index in [1.807, 2.05) is 31.2 Å². The first kappa shape index (κ1) is 10.9. The number of benzene rings is 1. The third-order valence-electron chi connectivity index (χ3n) is 1.65. The first-order valence-corrected chi connectivity index (χ1v) is 4.95. The van der Waals surface area contributed by atoms with Gasteiger partial charge in [0.25, 0.3) is 0 Å². The zero-order valence-corrected chi connectivity index (χ0v) is 9.06. The van der Waals surface area contributed by atoms with E-state index < -0.39 is 0 Å². The van der Waals surface area contributed by atoms with Gasteiger partial charge in [-0.2, -0.15) is 0 Å². The monoisotopic (exact) mass is 208 g/mol. The second kappa shape index (κ2) is 4.86. The smallest absolute Gasteiger partial charge is 0.345 e. The quantitative estimate of drug-likeness (QED) is 0.564. The van der Waals surface area contributed by atoms with Crippen molar-refractivity contribution in [2.24, 2.45) is 0 Å². The summed E-state index contributed by atoms with van der Waals surface area (Å²) in [5, 5.41) is 0. The summed E-state index contributed by atoms with van der Waals surface area (Å²) in [5.41, 5.74) is 1.50. The Hall–Kier alpha value is -1.22. The maximum Gasteiger partial charge on any atom is 0.345 e. The average Bonchev–Trinajstić information content (AvgIpc) is 2.16. The molecule has 0 saturated heterocycles. The molecule has 2 nitrogen and oxygen atoms in total. The Morgan fingerprint density at radius 3 is 2.64 bits per heavy atom. The van der Waals surface area contributed by atoms with Gasteiger partial charge >= 0.3 is 5.97 Å². The topological polar surface area (TPSA) is 26.3 Å². The molecule has 0 unspecified atom stereocenters. The fourth-order valence-corrected chi connectivity index (χ4v) is 1.45. The van der Waals surface area contributed by atoms with Gasteiger partial charge in [0.2, 0.25) is 0 Å². The molecule has 0 bridgehead atoms. The van der Waals surface area contributed by atoms with Crippen molar-refractivity contribution < 1.29 is 8.98 Å². The van der Waals surface area contributed by atoms with Crippen molar-refractivity contribution in [3.05, 3.63) is 42.0 Å². The van der Waals surface area contributed by atoms with Crippen LogP contribution in [0.25, 0.3) is 0 Å². The zero-order chi connectivity index (χ0) is 10.6. The van der Waals surface area contributed by atoms with Gasteiger partial charge in [0.15, 0.2) is 0 Å². The van der Waals surface area contributed by atoms with Crippen molar-refractivity contribution >= 4 is 18.0 Å². The first-order chi connectivity index (χ1) is 6.61. The maximum atomic E-state index is 11.1. The molecule has 1 aromatic rings. The SMILES string of the molecule is C=C(C)C(=O)OSc1ccccc1C. The average molecular weight is 208 g/mol. The van der Waals surface area contributed by atoms with Crippen molar-refractivity contribution in [3.8, 4) is 0 Å². The number of hydrogen-bond donors (Lipinski definition) is 0. The molecule has 1 aromatic carbocycles. The van der Waals surface area contributed by atoms with Gasteiger partial charge in [-0.05, 0) is 25.5 Å². The molecule has 3 heteroatoms. The minimum absolute atomic E-state index is 0.377. The lowest BCUT2D eigenvalue weighted by Gasteiger charge is -2.04. The molecule has 0 aliphatic carbocycles. The van der Waals surface area contributed by atoms with Crippen molar-refractivity contribution in [3.63, 3.8) is 0 Å². The molecule has 0 aromatic heterocycles. The van der Waals surface area contributed by atoms with Crippen LogP contribution in [0.1, 0.15) is 12.5 Å². The second-order valence-electron chi connectivity index (χ2n) is 3.00. The molecule has 74 valence electrons. The lowest BCUT2D eigenvalue weighted by molar-refractivity contribution is -0.128. The molecule has 0 amide bonds. The highest BCUT2D eigenvalue weighted by Gasteiger charge is 2.06. The van der Waals surface area contributed by atoms with Gasteiger partial charge in [0, 0.05) is 5.57 Å². The molecule has 0 heterocycles. The van der Waals surface area contributed by atoms with Gasteiger partial charge in [-0.1, -0.05) is 24.8 Å². The van der Waals surface area contributed by atoms with Gasteiger partial charge in [-0.25, -0.2) is 4.79 Å². The molecule has 0 aliphatic rings. The lowest BCUT2D eigenvalue weighted by Crippen LogP contribution is -1.98. The Morgan fingerprint density at radius 1 is 1.43 bits per heavy atom. The van der Waals surface area contributed by atoms with E-state index >= 15 is 0 Å². The van der Waals surface area contributed by atoms with Gasteiger partial charge in [0.1, 0.15) is 0 Å². The van der Waals surface area contributed by atoms with Gasteiger partial charge in [-0.15, -0.1) is 0 Å². The fraction of sp³-hybridized carbons (Fsp3) is 0.182. The van der Waals surface area contributed by atoms with Crippen LogP contribution in [0.5, 0.6) is 0 Å². The zero-order valence-electron chi connectivity index (χ0n) is 8.24. The van der Waals surface area contributed by atoms with E-state index in [0.717, 1.165) is 22.5 Å². The van der Waals surface area contributed by atoms with Crippen molar-refractivity contribution in [1.82, 2.24) is 0 Å². The van der Waals surface area contributed by atoms with Crippen LogP contribution in [-0.2, 0) is 8.98 Å². The van der Waals surface area contributed by atoms with E-state index in [-0.39, 0.29) is 5.97 Å². The molecule has 0 radical (unpaired) electrons. The Bertz CT molecular complexity index is 358. The third-order valence-corrected chi connectivity index (χ3v) is 2.52. The number of carbonyl (C=O) groups excluding carboxylic acids is 1. The summed E-state index contributed by atoms with van der Waals surface area (Å²) in [6.45, 7) is 7.10. The maximum absolute atomic E-state index is 11.1. The molecule has 0 spiro atoms. The Morgan fingerprint density at radius 2 is 2.07 bits per heavy atom. The Balaban J connectivity index is 2.58. The van der Waals surface area contributed by atoms with Crippen LogP contribution >= 0.6 is 12.0 Å². The van der Waals surface area contributed by atoms with E-state index in [4.69, 9.17) is 4.18 Å². The van der Waals surface area contributed by atoms with Crippen molar-refractivity contribution in [2.75, 3.05) is 0 Å². The predicted octanol–water partition coefficient (Wildman–Crippen LogP) is 3.12. The summed E-state index contributed by atoms with van der Waals surface area (Å²) in [6, 6.07) is 7.73. The van der Waals surface area contributed by atoms with Crippen LogP contribution in [0.4, 0.5) is 0 Å². The van der Waals surface area contributed by atoms with Gasteiger partial charge in [0.05, 0.1) is 16.9 Å². The molecule has 0 N–H and O–H groups in total. The number of carbonyl (C=O) groups is 1. The van der Waals surface area contributed by atoms with E-state index in [1.165, 1.54) is 0 Å². The largest absolute Gasteiger partial charge is 0.383 e. The minimum atomic E-state index is -0.377. The predicted molar refractivity (Wildman–Crippen MR) is 57.9 cm³/mol. The Labute approximate surface area is 88.2 Å². The summed E-state index contributed by atoms with van der Waals surface area (Å²) < 4.78 is 4.95. The summed E-state index contributed by atoms with van der Waals surface area (Å²) >= 11 is 1.07. The molecular formula is C11H12O2S. The van der Waals surface area contributed by atoms with Crippen LogP contribution in [0.15, 0.2) is 41.3 Å². The number of hydrogen-bond acceptors (Lipinski definition) is 3. The molecule has 1 rings (SSSR count). The van der Waals surface area contributed by atoms with Crippen LogP contribution in [0.3, 0.4) is 0 Å². The van der Waals surface area contributed by atoms with E-state index in [1.54, 1.807) is 6.92 Å². The first-order valence-electron chi connectivity index (χ1n) is 4.21. The van der Waals surface area contributed by atoms with E-state index in [0.29, 0.717) is 5.57 Å². The standard InChI is InChI=1S/C11H12O2S/c1-8(2)11(12)13-14-10-7-5-4-6-9(10)3/h4-7H,1H2,2-3H3. The molecule has 0 saturated carbocycles. The summed E-state index contributed by atoms with van der Waals surface area (Å²) in [6.07, 6.45) is 0. The van der Waals surface area contributed by atoms with E-state index in [9.17, 15) is 4.79 Å². The molecule has 0 aliphatic heterocycles. The highest BCUT2D eigenvalue weighted by molar-refractivity contribution is 7.95. The van der Waals surface area contributed by atoms with Crippen LogP contribution in [0, 0.1) is 6.92 Å². The van der Waals surface area contributed by atoms with Crippen LogP contribution < -0.4 is 0 Å². The highest BCUT2D eigenvalue weighted by atomic mass is 32.2. The van der Waals surface area contributed by atoms with Crippen LogP contribution in [0.2, 0.25) is 0 Å². The lowest BCUT2D eigenvalue weighted by atomic mass is 10.2. The third kappa shape index (κ3) is 2.92. The summed E-state index contributed by atoms with van der Waals surface area (Å²) in [5.74, 6) is -0.377. The van der Waals surface area contributed by atoms with E-state index in [2.05, 4.69) is 6.58 Å². The second-order valence-corrected chi connectivity index (χ2v) is 3.77. The van der Waals surface area contributed by atoms with Crippen molar-refractivity contribution in [2.45, 2.75) is 18.7 Å². The Kier molecular flexibility index (Phi) is 3.77. The summed E-state index contributed by atoms with van der Waals surface area (Å²) in [4.78, 5) is 12.0. The molecular weight excluding hydrogens is 196 g/mol.